The highest BCUT2D eigenvalue weighted by Gasteiger charge is 2.35. The minimum Gasteiger partial charge on any atom is -0.382 e. The van der Waals surface area contributed by atoms with E-state index >= 15 is 0 Å². The number of ketones is 1. The normalized spacial score (nSPS) is 18.9. The molecule has 0 aliphatic heterocycles. The van der Waals surface area contributed by atoms with Crippen molar-refractivity contribution in [3.8, 4) is 0 Å². The van der Waals surface area contributed by atoms with Crippen LogP contribution in [0.5, 0.6) is 0 Å². The smallest absolute Gasteiger partial charge is 0.168 e. The summed E-state index contributed by atoms with van der Waals surface area (Å²) in [4.78, 5) is 12.3. The van der Waals surface area contributed by atoms with Gasteiger partial charge < -0.3 is 5.11 Å². The highest BCUT2D eigenvalue weighted by molar-refractivity contribution is 9.10. The van der Waals surface area contributed by atoms with Gasteiger partial charge in [0, 0.05) is 10.9 Å². The standard InChI is InChI=1S/C15H18BrFO2/c16-12-7-11(8-13(17)10-12)9-14(18)15(19)5-3-1-2-4-6-15/h7-8,10,19H,1-6,9H2. The topological polar surface area (TPSA) is 37.3 Å². The molecule has 1 aromatic carbocycles. The lowest BCUT2D eigenvalue weighted by Crippen LogP contribution is -2.39. The molecular formula is C15H18BrFO2. The predicted octanol–water partition coefficient (Wildman–Crippen LogP) is 3.79. The van der Waals surface area contributed by atoms with E-state index in [1.54, 1.807) is 6.07 Å². The fraction of sp³-hybridized carbons (Fsp3) is 0.533. The Morgan fingerprint density at radius 1 is 1.21 bits per heavy atom. The molecule has 104 valence electrons. The van der Waals surface area contributed by atoms with Gasteiger partial charge in [-0.25, -0.2) is 4.39 Å². The van der Waals surface area contributed by atoms with E-state index in [2.05, 4.69) is 15.9 Å². The Morgan fingerprint density at radius 3 is 2.42 bits per heavy atom. The number of hydrogen-bond donors (Lipinski definition) is 1. The summed E-state index contributed by atoms with van der Waals surface area (Å²) in [5.74, 6) is -0.558. The van der Waals surface area contributed by atoms with Crippen molar-refractivity contribution >= 4 is 21.7 Å². The van der Waals surface area contributed by atoms with Crippen molar-refractivity contribution in [2.24, 2.45) is 0 Å². The van der Waals surface area contributed by atoms with Gasteiger partial charge in [-0.15, -0.1) is 0 Å². The van der Waals surface area contributed by atoms with E-state index < -0.39 is 5.60 Å². The van der Waals surface area contributed by atoms with Crippen molar-refractivity contribution < 1.29 is 14.3 Å². The molecule has 0 heterocycles. The number of halogens is 2. The maximum atomic E-state index is 13.3. The second-order valence-electron chi connectivity index (χ2n) is 5.32. The van der Waals surface area contributed by atoms with Crippen LogP contribution in [0.3, 0.4) is 0 Å². The quantitative estimate of drug-likeness (QED) is 0.857. The largest absolute Gasteiger partial charge is 0.382 e. The van der Waals surface area contributed by atoms with Crippen molar-refractivity contribution in [3.05, 3.63) is 34.1 Å². The van der Waals surface area contributed by atoms with Gasteiger partial charge >= 0.3 is 0 Å². The van der Waals surface area contributed by atoms with Crippen LogP contribution in [0, 0.1) is 5.82 Å². The van der Waals surface area contributed by atoms with Crippen LogP contribution in [0.1, 0.15) is 44.1 Å². The third-order valence-corrected chi connectivity index (χ3v) is 4.19. The van der Waals surface area contributed by atoms with Gasteiger partial charge in [0.05, 0.1) is 0 Å². The average Bonchev–Trinajstić information content (AvgIpc) is 2.53. The number of benzene rings is 1. The van der Waals surface area contributed by atoms with Crippen LogP contribution in [-0.4, -0.2) is 16.5 Å². The maximum Gasteiger partial charge on any atom is 0.168 e. The van der Waals surface area contributed by atoms with Gasteiger partial charge in [-0.1, -0.05) is 41.6 Å². The Bertz CT molecular complexity index is 445. The molecule has 0 aromatic heterocycles. The van der Waals surface area contributed by atoms with Crippen LogP contribution in [0.25, 0.3) is 0 Å². The molecule has 1 aromatic rings. The number of carbonyl (C=O) groups excluding carboxylic acids is 1. The molecule has 1 saturated carbocycles. The van der Waals surface area contributed by atoms with Crippen molar-refractivity contribution in [3.63, 3.8) is 0 Å². The van der Waals surface area contributed by atoms with Gasteiger partial charge in [0.25, 0.3) is 0 Å². The molecule has 0 atom stereocenters. The molecule has 0 bridgehead atoms. The molecule has 1 aliphatic rings. The number of rotatable bonds is 3. The Hall–Kier alpha value is -0.740. The minimum atomic E-state index is -1.21. The molecule has 0 spiro atoms. The SMILES string of the molecule is O=C(Cc1cc(F)cc(Br)c1)C1(O)CCCCCC1. The molecule has 1 aliphatic carbocycles. The molecule has 1 N–H and O–H groups in total. The van der Waals surface area contributed by atoms with Gasteiger partial charge in [-0.05, 0) is 36.6 Å². The number of carbonyl (C=O) groups is 1. The Labute approximate surface area is 121 Å². The second-order valence-corrected chi connectivity index (χ2v) is 6.24. The second kappa shape index (κ2) is 6.14. The van der Waals surface area contributed by atoms with Crippen LogP contribution >= 0.6 is 15.9 Å². The Kier molecular flexibility index (Phi) is 4.74. The van der Waals surface area contributed by atoms with E-state index in [1.165, 1.54) is 12.1 Å². The molecule has 2 nitrogen and oxygen atoms in total. The van der Waals surface area contributed by atoms with E-state index in [9.17, 15) is 14.3 Å². The first-order valence-electron chi connectivity index (χ1n) is 6.70. The molecule has 1 fully saturated rings. The fourth-order valence-corrected chi connectivity index (χ4v) is 3.17. The van der Waals surface area contributed by atoms with E-state index in [1.807, 2.05) is 0 Å². The Balaban J connectivity index is 2.11. The van der Waals surface area contributed by atoms with E-state index in [4.69, 9.17) is 0 Å². The van der Waals surface area contributed by atoms with E-state index in [-0.39, 0.29) is 18.0 Å². The summed E-state index contributed by atoms with van der Waals surface area (Å²) >= 11 is 3.21. The van der Waals surface area contributed by atoms with Gasteiger partial charge in [-0.3, -0.25) is 4.79 Å². The van der Waals surface area contributed by atoms with Crippen LogP contribution in [0.2, 0.25) is 0 Å². The fourth-order valence-electron chi connectivity index (χ4n) is 2.66. The summed E-state index contributed by atoms with van der Waals surface area (Å²) in [6.45, 7) is 0. The highest BCUT2D eigenvalue weighted by Crippen LogP contribution is 2.29. The zero-order valence-electron chi connectivity index (χ0n) is 10.8. The van der Waals surface area contributed by atoms with E-state index in [0.29, 0.717) is 22.9 Å². The molecule has 19 heavy (non-hydrogen) atoms. The number of Topliss-reactive ketones (excluding diaryl/α,β-unsaturated/α-hetero) is 1. The summed E-state index contributed by atoms with van der Waals surface area (Å²) in [6.07, 6.45) is 5.06. The maximum absolute atomic E-state index is 13.3. The molecule has 2 rings (SSSR count). The monoisotopic (exact) mass is 328 g/mol. The zero-order chi connectivity index (χ0) is 13.9. The summed E-state index contributed by atoms with van der Waals surface area (Å²) in [5, 5.41) is 10.5. The molecule has 0 saturated heterocycles. The van der Waals surface area contributed by atoms with Crippen LogP contribution in [0.15, 0.2) is 22.7 Å². The molecule has 0 unspecified atom stereocenters. The summed E-state index contributed by atoms with van der Waals surface area (Å²) < 4.78 is 13.9. The Morgan fingerprint density at radius 2 is 1.84 bits per heavy atom. The summed E-state index contributed by atoms with van der Waals surface area (Å²) in [5.41, 5.74) is -0.607. The summed E-state index contributed by atoms with van der Waals surface area (Å²) in [7, 11) is 0. The van der Waals surface area contributed by atoms with Gasteiger partial charge in [0.2, 0.25) is 0 Å². The summed E-state index contributed by atoms with van der Waals surface area (Å²) in [6, 6.07) is 4.43. The van der Waals surface area contributed by atoms with Crippen molar-refractivity contribution in [2.75, 3.05) is 0 Å². The van der Waals surface area contributed by atoms with Crippen LogP contribution in [0.4, 0.5) is 4.39 Å². The highest BCUT2D eigenvalue weighted by atomic mass is 79.9. The lowest BCUT2D eigenvalue weighted by molar-refractivity contribution is -0.138. The lowest BCUT2D eigenvalue weighted by atomic mass is 9.86. The van der Waals surface area contributed by atoms with Crippen molar-refractivity contribution in [2.45, 2.75) is 50.5 Å². The molecule has 0 amide bonds. The number of hydrogen-bond acceptors (Lipinski definition) is 2. The van der Waals surface area contributed by atoms with Crippen LogP contribution < -0.4 is 0 Å². The third kappa shape index (κ3) is 3.86. The third-order valence-electron chi connectivity index (χ3n) is 3.74. The molecule has 0 radical (unpaired) electrons. The number of aliphatic hydroxyl groups is 1. The first kappa shape index (κ1) is 14.7. The predicted molar refractivity (Wildman–Crippen MR) is 75.5 cm³/mol. The van der Waals surface area contributed by atoms with E-state index in [0.717, 1.165) is 25.7 Å². The van der Waals surface area contributed by atoms with Crippen molar-refractivity contribution in [1.29, 1.82) is 0 Å². The van der Waals surface area contributed by atoms with Crippen molar-refractivity contribution in [1.82, 2.24) is 0 Å². The van der Waals surface area contributed by atoms with Gasteiger partial charge in [0.15, 0.2) is 5.78 Å². The van der Waals surface area contributed by atoms with Gasteiger partial charge in [0.1, 0.15) is 11.4 Å². The zero-order valence-corrected chi connectivity index (χ0v) is 12.4. The minimum absolute atomic E-state index is 0.0901. The van der Waals surface area contributed by atoms with Crippen LogP contribution in [-0.2, 0) is 11.2 Å². The van der Waals surface area contributed by atoms with Gasteiger partial charge in [-0.2, -0.15) is 0 Å². The lowest BCUT2D eigenvalue weighted by Gasteiger charge is -2.25. The molecule has 4 heteroatoms. The first-order valence-corrected chi connectivity index (χ1v) is 7.49. The average molecular weight is 329 g/mol. The first-order chi connectivity index (χ1) is 8.99. The molecular weight excluding hydrogens is 311 g/mol.